The first kappa shape index (κ1) is 18.3. The third kappa shape index (κ3) is 13.5. The number of rotatable bonds is 14. The van der Waals surface area contributed by atoms with Crippen molar-refractivity contribution in [2.24, 2.45) is 5.73 Å². The second-order valence-corrected chi connectivity index (χ2v) is 4.01. The maximum atomic E-state index is 10.5. The number of aliphatic hydroxyl groups excluding tert-OH is 2. The van der Waals surface area contributed by atoms with Crippen molar-refractivity contribution >= 4 is 5.91 Å². The third-order valence-corrected chi connectivity index (χ3v) is 2.20. The van der Waals surface area contributed by atoms with Gasteiger partial charge in [0.2, 0.25) is 5.91 Å². The number of nitrogens with two attached hydrogens (primary N) is 1. The van der Waals surface area contributed by atoms with Crippen molar-refractivity contribution in [2.75, 3.05) is 46.2 Å². The Morgan fingerprint density at radius 3 is 2.16 bits per heavy atom. The molecular formula is C12H25NO6. The second kappa shape index (κ2) is 13.7. The summed E-state index contributed by atoms with van der Waals surface area (Å²) >= 11 is 0. The molecule has 7 nitrogen and oxygen atoms in total. The van der Waals surface area contributed by atoms with Crippen LogP contribution in [-0.4, -0.2) is 68.5 Å². The largest absolute Gasteiger partial charge is 0.396 e. The zero-order valence-electron chi connectivity index (χ0n) is 11.3. The van der Waals surface area contributed by atoms with Crippen LogP contribution in [0.2, 0.25) is 0 Å². The van der Waals surface area contributed by atoms with E-state index in [1.165, 1.54) is 0 Å². The predicted molar refractivity (Wildman–Crippen MR) is 68.6 cm³/mol. The molecule has 0 aliphatic carbocycles. The van der Waals surface area contributed by atoms with Crippen LogP contribution in [0.5, 0.6) is 0 Å². The van der Waals surface area contributed by atoms with E-state index in [4.69, 9.17) is 30.2 Å². The van der Waals surface area contributed by atoms with Crippen LogP contribution < -0.4 is 5.73 Å². The Hall–Kier alpha value is -0.730. The van der Waals surface area contributed by atoms with Gasteiger partial charge in [-0.05, 0) is 12.8 Å². The molecule has 0 aromatic carbocycles. The third-order valence-electron chi connectivity index (χ3n) is 2.20. The van der Waals surface area contributed by atoms with Gasteiger partial charge in [0.05, 0.1) is 19.8 Å². The van der Waals surface area contributed by atoms with Gasteiger partial charge >= 0.3 is 0 Å². The van der Waals surface area contributed by atoms with Crippen LogP contribution in [0.4, 0.5) is 0 Å². The van der Waals surface area contributed by atoms with E-state index in [1.54, 1.807) is 0 Å². The molecule has 1 atom stereocenters. The fourth-order valence-electron chi connectivity index (χ4n) is 1.23. The van der Waals surface area contributed by atoms with Gasteiger partial charge in [0.25, 0.3) is 0 Å². The van der Waals surface area contributed by atoms with E-state index >= 15 is 0 Å². The van der Waals surface area contributed by atoms with E-state index < -0.39 is 5.91 Å². The van der Waals surface area contributed by atoms with E-state index in [0.29, 0.717) is 39.3 Å². The van der Waals surface area contributed by atoms with Gasteiger partial charge < -0.3 is 30.2 Å². The minimum Gasteiger partial charge on any atom is -0.396 e. The summed E-state index contributed by atoms with van der Waals surface area (Å²) in [4.78, 5) is 10.5. The molecule has 0 heterocycles. The van der Waals surface area contributed by atoms with Crippen molar-refractivity contribution in [3.63, 3.8) is 0 Å². The van der Waals surface area contributed by atoms with Gasteiger partial charge in [-0.25, -0.2) is 0 Å². The van der Waals surface area contributed by atoms with Gasteiger partial charge in [0.15, 0.2) is 0 Å². The highest BCUT2D eigenvalue weighted by Crippen LogP contribution is 1.98. The average Bonchev–Trinajstić information content (AvgIpc) is 2.38. The molecule has 0 aliphatic heterocycles. The number of amides is 1. The molecule has 0 saturated carbocycles. The van der Waals surface area contributed by atoms with Crippen LogP contribution >= 0.6 is 0 Å². The summed E-state index contributed by atoms with van der Waals surface area (Å²) in [5.74, 6) is -0.406. The Labute approximate surface area is 113 Å². The molecular weight excluding hydrogens is 254 g/mol. The summed E-state index contributed by atoms with van der Waals surface area (Å²) in [6.07, 6.45) is 1.05. The molecule has 19 heavy (non-hydrogen) atoms. The van der Waals surface area contributed by atoms with Crippen LogP contribution in [0.3, 0.4) is 0 Å². The van der Waals surface area contributed by atoms with Crippen molar-refractivity contribution in [3.05, 3.63) is 0 Å². The van der Waals surface area contributed by atoms with Crippen molar-refractivity contribution in [1.82, 2.24) is 0 Å². The molecule has 114 valence electrons. The molecule has 4 N–H and O–H groups in total. The van der Waals surface area contributed by atoms with Gasteiger partial charge in [0, 0.05) is 32.8 Å². The van der Waals surface area contributed by atoms with E-state index in [0.717, 1.165) is 0 Å². The van der Waals surface area contributed by atoms with Crippen LogP contribution in [-0.2, 0) is 19.0 Å². The van der Waals surface area contributed by atoms with Gasteiger partial charge in [0.1, 0.15) is 6.10 Å². The lowest BCUT2D eigenvalue weighted by molar-refractivity contribution is -0.119. The minimum atomic E-state index is -0.406. The number of hydrogen-bond acceptors (Lipinski definition) is 6. The molecule has 0 rings (SSSR count). The van der Waals surface area contributed by atoms with Crippen LogP contribution in [0, 0.1) is 0 Å². The van der Waals surface area contributed by atoms with Crippen molar-refractivity contribution in [3.8, 4) is 0 Å². The SMILES string of the molecule is NC(=O)CCOC[C@@H](COCCCO)OCCCO. The van der Waals surface area contributed by atoms with E-state index in [9.17, 15) is 4.79 Å². The Bertz CT molecular complexity index is 214. The Kier molecular flexibility index (Phi) is 13.2. The normalized spacial score (nSPS) is 12.5. The summed E-state index contributed by atoms with van der Waals surface area (Å²) in [7, 11) is 0. The first-order valence-corrected chi connectivity index (χ1v) is 6.47. The number of carbonyl (C=O) groups excluding carboxylic acids is 1. The zero-order chi connectivity index (χ0) is 14.3. The Balaban J connectivity index is 3.72. The monoisotopic (exact) mass is 279 g/mol. The highest BCUT2D eigenvalue weighted by atomic mass is 16.6. The first-order valence-electron chi connectivity index (χ1n) is 6.47. The molecule has 0 aromatic heterocycles. The number of ether oxygens (including phenoxy) is 3. The smallest absolute Gasteiger partial charge is 0.219 e. The quantitative estimate of drug-likeness (QED) is 0.353. The standard InChI is InChI=1S/C12H25NO6/c13-12(16)3-8-18-10-11(19-7-2-5-15)9-17-6-1-4-14/h11,14-15H,1-10H2,(H2,13,16)/t11-/m1/s1. The molecule has 0 radical (unpaired) electrons. The average molecular weight is 279 g/mol. The molecule has 0 aliphatic rings. The van der Waals surface area contributed by atoms with Crippen molar-refractivity contribution < 1.29 is 29.2 Å². The maximum absolute atomic E-state index is 10.5. The summed E-state index contributed by atoms with van der Waals surface area (Å²) in [6, 6.07) is 0. The molecule has 0 spiro atoms. The minimum absolute atomic E-state index is 0.0701. The second-order valence-electron chi connectivity index (χ2n) is 4.01. The highest BCUT2D eigenvalue weighted by Gasteiger charge is 2.10. The predicted octanol–water partition coefficient (Wildman–Crippen LogP) is -0.955. The topological polar surface area (TPSA) is 111 Å². The van der Waals surface area contributed by atoms with E-state index in [2.05, 4.69) is 0 Å². The van der Waals surface area contributed by atoms with Crippen molar-refractivity contribution in [2.45, 2.75) is 25.4 Å². The lowest BCUT2D eigenvalue weighted by Gasteiger charge is -2.18. The molecule has 1 amide bonds. The number of carbonyl (C=O) groups is 1. The summed E-state index contributed by atoms with van der Waals surface area (Å²) < 4.78 is 16.1. The molecule has 0 aromatic rings. The molecule has 0 saturated heterocycles. The van der Waals surface area contributed by atoms with E-state index in [-0.39, 0.29) is 32.3 Å². The van der Waals surface area contributed by atoms with Crippen LogP contribution in [0.25, 0.3) is 0 Å². The summed E-state index contributed by atoms with van der Waals surface area (Å²) in [6.45, 7) is 1.94. The Morgan fingerprint density at radius 1 is 1.00 bits per heavy atom. The lowest BCUT2D eigenvalue weighted by Crippen LogP contribution is -2.27. The molecule has 7 heteroatoms. The zero-order valence-corrected chi connectivity index (χ0v) is 11.3. The van der Waals surface area contributed by atoms with Crippen LogP contribution in [0.15, 0.2) is 0 Å². The summed E-state index contributed by atoms with van der Waals surface area (Å²) in [5, 5.41) is 17.3. The van der Waals surface area contributed by atoms with Crippen LogP contribution in [0.1, 0.15) is 19.3 Å². The van der Waals surface area contributed by atoms with E-state index in [1.807, 2.05) is 0 Å². The van der Waals surface area contributed by atoms with Gasteiger partial charge in [-0.1, -0.05) is 0 Å². The fourth-order valence-corrected chi connectivity index (χ4v) is 1.23. The van der Waals surface area contributed by atoms with Crippen molar-refractivity contribution in [1.29, 1.82) is 0 Å². The number of primary amides is 1. The number of hydrogen-bond donors (Lipinski definition) is 3. The van der Waals surface area contributed by atoms with Gasteiger partial charge in [-0.2, -0.15) is 0 Å². The lowest BCUT2D eigenvalue weighted by atomic mass is 10.3. The first-order chi connectivity index (χ1) is 9.20. The molecule has 0 bridgehead atoms. The fraction of sp³-hybridized carbons (Fsp3) is 0.917. The summed E-state index contributed by atoms with van der Waals surface area (Å²) in [5.41, 5.74) is 4.99. The van der Waals surface area contributed by atoms with Gasteiger partial charge in [-0.3, -0.25) is 4.79 Å². The number of aliphatic hydroxyl groups is 2. The molecule has 0 unspecified atom stereocenters. The highest BCUT2D eigenvalue weighted by molar-refractivity contribution is 5.73. The molecule has 0 fully saturated rings. The maximum Gasteiger partial charge on any atom is 0.219 e. The van der Waals surface area contributed by atoms with Gasteiger partial charge in [-0.15, -0.1) is 0 Å². The Morgan fingerprint density at radius 2 is 1.58 bits per heavy atom.